The fourth-order valence-corrected chi connectivity index (χ4v) is 2.01. The van der Waals surface area contributed by atoms with Gasteiger partial charge in [0.05, 0.1) is 0 Å². The molecule has 0 rings (SSSR count). The van der Waals surface area contributed by atoms with Crippen LogP contribution in [-0.4, -0.2) is 46.0 Å². The van der Waals surface area contributed by atoms with Crippen LogP contribution < -0.4 is 0 Å². The minimum absolute atomic E-state index is 0.0783. The molecule has 0 radical (unpaired) electrons. The number of amides is 1. The summed E-state index contributed by atoms with van der Waals surface area (Å²) in [6, 6.07) is -0.777. The van der Waals surface area contributed by atoms with Crippen LogP contribution in [0.2, 0.25) is 0 Å². The molecule has 0 heterocycles. The summed E-state index contributed by atoms with van der Waals surface area (Å²) < 4.78 is 0. The van der Waals surface area contributed by atoms with E-state index in [4.69, 9.17) is 5.11 Å². The Morgan fingerprint density at radius 3 is 2.20 bits per heavy atom. The van der Waals surface area contributed by atoms with Crippen molar-refractivity contribution in [3.05, 3.63) is 0 Å². The summed E-state index contributed by atoms with van der Waals surface area (Å²) >= 11 is 1.59. The van der Waals surface area contributed by atoms with Crippen LogP contribution >= 0.6 is 11.8 Å². The first-order valence-electron chi connectivity index (χ1n) is 4.92. The van der Waals surface area contributed by atoms with Gasteiger partial charge in [-0.2, -0.15) is 11.8 Å². The third-order valence-corrected chi connectivity index (χ3v) is 2.78. The van der Waals surface area contributed by atoms with Gasteiger partial charge in [-0.05, 0) is 32.3 Å². The zero-order valence-electron chi connectivity index (χ0n) is 9.69. The Labute approximate surface area is 95.0 Å². The highest BCUT2D eigenvalue weighted by Crippen LogP contribution is 2.12. The summed E-state index contributed by atoms with van der Waals surface area (Å²) in [4.78, 5) is 23.8. The molecule has 0 aliphatic rings. The van der Waals surface area contributed by atoms with Gasteiger partial charge in [0.2, 0.25) is 5.91 Å². The fourth-order valence-electron chi connectivity index (χ4n) is 1.55. The molecule has 0 spiro atoms. The Morgan fingerprint density at radius 2 is 1.93 bits per heavy atom. The summed E-state index contributed by atoms with van der Waals surface area (Å²) in [5.74, 6) is -0.362. The maximum absolute atomic E-state index is 11.4. The lowest BCUT2D eigenvalue weighted by atomic mass is 10.1. The Bertz CT molecular complexity index is 231. The number of carboxylic acid groups (broad SMARTS) is 1. The summed E-state index contributed by atoms with van der Waals surface area (Å²) in [6.07, 6.45) is 2.42. The Kier molecular flexibility index (Phi) is 6.40. The van der Waals surface area contributed by atoms with E-state index in [1.54, 1.807) is 11.8 Å². The van der Waals surface area contributed by atoms with Crippen molar-refractivity contribution in [1.29, 1.82) is 0 Å². The number of carbonyl (C=O) groups excluding carboxylic acids is 1. The molecule has 0 saturated carbocycles. The summed E-state index contributed by atoms with van der Waals surface area (Å²) in [6.45, 7) is 5.07. The van der Waals surface area contributed by atoms with Crippen LogP contribution in [0.3, 0.4) is 0 Å². The molecule has 1 atom stereocenters. The van der Waals surface area contributed by atoms with Gasteiger partial charge in [0.15, 0.2) is 0 Å². The van der Waals surface area contributed by atoms with Crippen LogP contribution in [0.4, 0.5) is 0 Å². The van der Waals surface area contributed by atoms with E-state index < -0.39 is 12.0 Å². The fraction of sp³-hybridized carbons (Fsp3) is 0.800. The van der Waals surface area contributed by atoms with Crippen molar-refractivity contribution in [2.45, 2.75) is 39.3 Å². The zero-order valence-corrected chi connectivity index (χ0v) is 10.5. The molecular weight excluding hydrogens is 214 g/mol. The topological polar surface area (TPSA) is 57.6 Å². The summed E-state index contributed by atoms with van der Waals surface area (Å²) in [5.41, 5.74) is 0. The highest BCUT2D eigenvalue weighted by atomic mass is 32.2. The second-order valence-electron chi connectivity index (χ2n) is 3.66. The van der Waals surface area contributed by atoms with Crippen molar-refractivity contribution >= 4 is 23.6 Å². The van der Waals surface area contributed by atoms with Gasteiger partial charge < -0.3 is 10.0 Å². The largest absolute Gasteiger partial charge is 0.480 e. The summed E-state index contributed by atoms with van der Waals surface area (Å²) in [5, 5.41) is 9.06. The van der Waals surface area contributed by atoms with Crippen LogP contribution in [0.1, 0.15) is 27.2 Å². The zero-order chi connectivity index (χ0) is 12.0. The van der Waals surface area contributed by atoms with Gasteiger partial charge in [-0.25, -0.2) is 4.79 Å². The molecule has 88 valence electrons. The molecule has 5 heteroatoms. The minimum atomic E-state index is -0.923. The Balaban J connectivity index is 4.68. The molecule has 0 aliphatic carbocycles. The van der Waals surface area contributed by atoms with E-state index in [-0.39, 0.29) is 11.9 Å². The minimum Gasteiger partial charge on any atom is -0.480 e. The molecule has 0 fully saturated rings. The number of carbonyl (C=O) groups is 2. The molecule has 1 unspecified atom stereocenters. The lowest BCUT2D eigenvalue weighted by molar-refractivity contribution is -0.151. The highest BCUT2D eigenvalue weighted by Gasteiger charge is 2.28. The first-order valence-corrected chi connectivity index (χ1v) is 6.31. The second-order valence-corrected chi connectivity index (χ2v) is 4.64. The van der Waals surface area contributed by atoms with E-state index in [2.05, 4.69) is 0 Å². The first kappa shape index (κ1) is 14.3. The number of rotatable bonds is 6. The smallest absolute Gasteiger partial charge is 0.326 e. The van der Waals surface area contributed by atoms with E-state index in [1.165, 1.54) is 11.8 Å². The molecule has 4 nitrogen and oxygen atoms in total. The molecule has 0 aromatic heterocycles. The van der Waals surface area contributed by atoms with Gasteiger partial charge in [-0.15, -0.1) is 0 Å². The standard InChI is InChI=1S/C10H19NO3S/c1-7(2)11(8(3)12)9(10(13)14)5-6-15-4/h7,9H,5-6H2,1-4H3,(H,13,14). The van der Waals surface area contributed by atoms with Crippen molar-refractivity contribution in [2.24, 2.45) is 0 Å². The maximum Gasteiger partial charge on any atom is 0.326 e. The molecule has 0 saturated heterocycles. The van der Waals surface area contributed by atoms with Crippen molar-refractivity contribution in [3.8, 4) is 0 Å². The molecule has 1 N–H and O–H groups in total. The molecule has 0 aromatic carbocycles. The number of carboxylic acids is 1. The monoisotopic (exact) mass is 233 g/mol. The van der Waals surface area contributed by atoms with Gasteiger partial charge in [0.25, 0.3) is 0 Å². The van der Waals surface area contributed by atoms with Gasteiger partial charge in [-0.3, -0.25) is 4.79 Å². The predicted molar refractivity (Wildman–Crippen MR) is 62.1 cm³/mol. The van der Waals surface area contributed by atoms with Crippen molar-refractivity contribution in [1.82, 2.24) is 4.90 Å². The van der Waals surface area contributed by atoms with Crippen molar-refractivity contribution in [3.63, 3.8) is 0 Å². The lowest BCUT2D eigenvalue weighted by Crippen LogP contribution is -2.48. The second kappa shape index (κ2) is 6.71. The highest BCUT2D eigenvalue weighted by molar-refractivity contribution is 7.98. The Morgan fingerprint density at radius 1 is 1.40 bits per heavy atom. The average Bonchev–Trinajstić information content (AvgIpc) is 2.09. The molecular formula is C10H19NO3S. The maximum atomic E-state index is 11.4. The van der Waals surface area contributed by atoms with Crippen LogP contribution in [0.15, 0.2) is 0 Å². The van der Waals surface area contributed by atoms with Gasteiger partial charge in [0, 0.05) is 13.0 Å². The van der Waals surface area contributed by atoms with Crippen molar-refractivity contribution < 1.29 is 14.7 Å². The number of nitrogens with zero attached hydrogens (tertiary/aromatic N) is 1. The third-order valence-electron chi connectivity index (χ3n) is 2.14. The predicted octanol–water partition coefficient (Wildman–Crippen LogP) is 1.45. The van der Waals surface area contributed by atoms with Crippen LogP contribution in [0, 0.1) is 0 Å². The number of hydrogen-bond donors (Lipinski definition) is 1. The quantitative estimate of drug-likeness (QED) is 0.754. The normalized spacial score (nSPS) is 12.6. The molecule has 1 amide bonds. The summed E-state index contributed by atoms with van der Waals surface area (Å²) in [7, 11) is 0. The molecule has 0 bridgehead atoms. The van der Waals surface area contributed by atoms with E-state index in [1.807, 2.05) is 20.1 Å². The average molecular weight is 233 g/mol. The Hall–Kier alpha value is -0.710. The van der Waals surface area contributed by atoms with Gasteiger partial charge in [0.1, 0.15) is 6.04 Å². The van der Waals surface area contributed by atoms with Gasteiger partial charge in [-0.1, -0.05) is 0 Å². The van der Waals surface area contributed by atoms with E-state index >= 15 is 0 Å². The lowest BCUT2D eigenvalue weighted by Gasteiger charge is -2.31. The number of thioether (sulfide) groups is 1. The van der Waals surface area contributed by atoms with Crippen LogP contribution in [0.5, 0.6) is 0 Å². The van der Waals surface area contributed by atoms with Gasteiger partial charge >= 0.3 is 5.97 Å². The van der Waals surface area contributed by atoms with E-state index in [0.717, 1.165) is 5.75 Å². The van der Waals surface area contributed by atoms with Crippen LogP contribution in [0.25, 0.3) is 0 Å². The van der Waals surface area contributed by atoms with E-state index in [0.29, 0.717) is 6.42 Å². The van der Waals surface area contributed by atoms with E-state index in [9.17, 15) is 9.59 Å². The SMILES string of the molecule is CSCCC(C(=O)O)N(C(C)=O)C(C)C. The molecule has 0 aliphatic heterocycles. The number of hydrogen-bond acceptors (Lipinski definition) is 3. The molecule has 15 heavy (non-hydrogen) atoms. The number of aliphatic carboxylic acids is 1. The first-order chi connectivity index (χ1) is 6.91. The van der Waals surface area contributed by atoms with Crippen molar-refractivity contribution in [2.75, 3.05) is 12.0 Å². The molecule has 0 aromatic rings. The van der Waals surface area contributed by atoms with Crippen LogP contribution in [-0.2, 0) is 9.59 Å². The third kappa shape index (κ3) is 4.55.